The summed E-state index contributed by atoms with van der Waals surface area (Å²) in [5, 5.41) is -0.0498. The van der Waals surface area contributed by atoms with E-state index < -0.39 is 9.84 Å². The molecule has 0 spiro atoms. The first-order valence-electron chi connectivity index (χ1n) is 4.28. The lowest BCUT2D eigenvalue weighted by Crippen LogP contribution is -2.31. The van der Waals surface area contributed by atoms with Crippen molar-refractivity contribution in [3.05, 3.63) is 0 Å². The standard InChI is InChI=1S/C8H16O2S/c1-3-8-6-7(2)4-5-11(8,9)10/h7-8H,3-6H2,1-2H3. The first-order valence-corrected chi connectivity index (χ1v) is 5.99. The monoisotopic (exact) mass is 176 g/mol. The first-order chi connectivity index (χ1) is 5.06. The van der Waals surface area contributed by atoms with Crippen molar-refractivity contribution in [3.8, 4) is 0 Å². The summed E-state index contributed by atoms with van der Waals surface area (Å²) in [6, 6.07) is 0. The highest BCUT2D eigenvalue weighted by molar-refractivity contribution is 7.92. The van der Waals surface area contributed by atoms with Crippen LogP contribution in [-0.4, -0.2) is 19.4 Å². The van der Waals surface area contributed by atoms with Gasteiger partial charge in [-0.05, 0) is 25.2 Å². The van der Waals surface area contributed by atoms with Crippen molar-refractivity contribution in [2.45, 2.75) is 38.4 Å². The summed E-state index contributed by atoms with van der Waals surface area (Å²) in [5.41, 5.74) is 0. The molecule has 0 radical (unpaired) electrons. The lowest BCUT2D eigenvalue weighted by Gasteiger charge is -2.25. The average molecular weight is 176 g/mol. The van der Waals surface area contributed by atoms with Gasteiger partial charge in [-0.25, -0.2) is 8.42 Å². The van der Waals surface area contributed by atoms with E-state index in [9.17, 15) is 8.42 Å². The Hall–Kier alpha value is -0.0500. The Kier molecular flexibility index (Phi) is 2.58. The van der Waals surface area contributed by atoms with Gasteiger partial charge in [0.2, 0.25) is 0 Å². The van der Waals surface area contributed by atoms with Gasteiger partial charge in [0.15, 0.2) is 9.84 Å². The quantitative estimate of drug-likeness (QED) is 0.608. The normalized spacial score (nSPS) is 36.9. The predicted octanol–water partition coefficient (Wildman–Crippen LogP) is 1.61. The zero-order valence-electron chi connectivity index (χ0n) is 7.21. The lowest BCUT2D eigenvalue weighted by atomic mass is 10.0. The summed E-state index contributed by atoms with van der Waals surface area (Å²) in [4.78, 5) is 0. The van der Waals surface area contributed by atoms with Crippen LogP contribution in [0.15, 0.2) is 0 Å². The molecule has 1 fully saturated rings. The number of rotatable bonds is 1. The Morgan fingerprint density at radius 2 is 2.09 bits per heavy atom. The molecule has 0 aromatic heterocycles. The highest BCUT2D eigenvalue weighted by atomic mass is 32.2. The van der Waals surface area contributed by atoms with Crippen molar-refractivity contribution in [1.82, 2.24) is 0 Å². The molecular weight excluding hydrogens is 160 g/mol. The number of hydrogen-bond acceptors (Lipinski definition) is 2. The van der Waals surface area contributed by atoms with Gasteiger partial charge in [-0.3, -0.25) is 0 Å². The van der Waals surface area contributed by atoms with Gasteiger partial charge >= 0.3 is 0 Å². The van der Waals surface area contributed by atoms with Crippen molar-refractivity contribution in [2.24, 2.45) is 5.92 Å². The predicted molar refractivity (Wildman–Crippen MR) is 46.3 cm³/mol. The first kappa shape index (κ1) is 9.04. The third-order valence-electron chi connectivity index (χ3n) is 2.52. The molecule has 1 aliphatic rings. The Morgan fingerprint density at radius 3 is 2.55 bits per heavy atom. The largest absolute Gasteiger partial charge is 0.229 e. The third-order valence-corrected chi connectivity index (χ3v) is 4.87. The lowest BCUT2D eigenvalue weighted by molar-refractivity contribution is 0.449. The van der Waals surface area contributed by atoms with Gasteiger partial charge in [-0.15, -0.1) is 0 Å². The molecule has 0 aliphatic carbocycles. The minimum atomic E-state index is -2.71. The van der Waals surface area contributed by atoms with E-state index in [1.54, 1.807) is 0 Å². The number of sulfone groups is 1. The van der Waals surface area contributed by atoms with Crippen LogP contribution in [0, 0.1) is 5.92 Å². The molecule has 2 nitrogen and oxygen atoms in total. The summed E-state index contributed by atoms with van der Waals surface area (Å²) < 4.78 is 22.7. The molecular formula is C8H16O2S. The van der Waals surface area contributed by atoms with Crippen LogP contribution in [0.25, 0.3) is 0 Å². The summed E-state index contributed by atoms with van der Waals surface area (Å²) in [5.74, 6) is 1.01. The third kappa shape index (κ3) is 1.95. The molecule has 0 bridgehead atoms. The second kappa shape index (κ2) is 3.13. The molecule has 1 heterocycles. The zero-order chi connectivity index (χ0) is 8.48. The fraction of sp³-hybridized carbons (Fsp3) is 1.00. The van der Waals surface area contributed by atoms with E-state index in [1.165, 1.54) is 0 Å². The van der Waals surface area contributed by atoms with E-state index in [0.717, 1.165) is 19.3 Å². The Morgan fingerprint density at radius 1 is 1.45 bits per heavy atom. The molecule has 0 amide bonds. The van der Waals surface area contributed by atoms with Crippen LogP contribution < -0.4 is 0 Å². The molecule has 1 aliphatic heterocycles. The van der Waals surface area contributed by atoms with Crippen LogP contribution in [0.3, 0.4) is 0 Å². The highest BCUT2D eigenvalue weighted by Gasteiger charge is 2.30. The van der Waals surface area contributed by atoms with E-state index in [-0.39, 0.29) is 5.25 Å². The summed E-state index contributed by atoms with van der Waals surface area (Å²) in [6.07, 6.45) is 2.52. The Bertz CT molecular complexity index is 218. The fourth-order valence-corrected chi connectivity index (χ4v) is 3.86. The van der Waals surface area contributed by atoms with Crippen LogP contribution in [0.1, 0.15) is 33.1 Å². The van der Waals surface area contributed by atoms with Crippen LogP contribution in [-0.2, 0) is 9.84 Å². The summed E-state index contributed by atoms with van der Waals surface area (Å²) in [6.45, 7) is 4.09. The van der Waals surface area contributed by atoms with Crippen LogP contribution in [0.2, 0.25) is 0 Å². The smallest absolute Gasteiger partial charge is 0.153 e. The molecule has 2 atom stereocenters. The molecule has 66 valence electrons. The Labute approximate surface area is 68.9 Å². The summed E-state index contributed by atoms with van der Waals surface area (Å²) in [7, 11) is -2.71. The second-order valence-corrected chi connectivity index (χ2v) is 5.93. The van der Waals surface area contributed by atoms with E-state index >= 15 is 0 Å². The van der Waals surface area contributed by atoms with Crippen LogP contribution in [0.4, 0.5) is 0 Å². The van der Waals surface area contributed by atoms with E-state index in [2.05, 4.69) is 6.92 Å². The van der Waals surface area contributed by atoms with Crippen LogP contribution in [0.5, 0.6) is 0 Å². The summed E-state index contributed by atoms with van der Waals surface area (Å²) >= 11 is 0. The molecule has 3 heteroatoms. The SMILES string of the molecule is CCC1CC(C)CCS1(=O)=O. The number of hydrogen-bond donors (Lipinski definition) is 0. The molecule has 0 saturated carbocycles. The molecule has 0 aromatic carbocycles. The van der Waals surface area contributed by atoms with Gasteiger partial charge in [0.05, 0.1) is 11.0 Å². The maximum atomic E-state index is 11.4. The zero-order valence-corrected chi connectivity index (χ0v) is 8.02. The van der Waals surface area contributed by atoms with Gasteiger partial charge < -0.3 is 0 Å². The maximum absolute atomic E-state index is 11.4. The van der Waals surface area contributed by atoms with Crippen molar-refractivity contribution in [1.29, 1.82) is 0 Å². The van der Waals surface area contributed by atoms with E-state index in [0.29, 0.717) is 11.7 Å². The molecule has 0 aromatic rings. The van der Waals surface area contributed by atoms with Gasteiger partial charge in [0, 0.05) is 0 Å². The topological polar surface area (TPSA) is 34.1 Å². The van der Waals surface area contributed by atoms with Gasteiger partial charge in [-0.1, -0.05) is 13.8 Å². The fourth-order valence-electron chi connectivity index (χ4n) is 1.67. The van der Waals surface area contributed by atoms with Gasteiger partial charge in [0.1, 0.15) is 0 Å². The van der Waals surface area contributed by atoms with Crippen molar-refractivity contribution in [2.75, 3.05) is 5.75 Å². The van der Waals surface area contributed by atoms with Crippen LogP contribution >= 0.6 is 0 Å². The van der Waals surface area contributed by atoms with Gasteiger partial charge in [0.25, 0.3) is 0 Å². The minimum Gasteiger partial charge on any atom is -0.229 e. The van der Waals surface area contributed by atoms with Crippen molar-refractivity contribution < 1.29 is 8.42 Å². The van der Waals surface area contributed by atoms with Gasteiger partial charge in [-0.2, -0.15) is 0 Å². The van der Waals surface area contributed by atoms with Crippen molar-refractivity contribution >= 4 is 9.84 Å². The average Bonchev–Trinajstić information content (AvgIpc) is 1.94. The molecule has 2 unspecified atom stereocenters. The van der Waals surface area contributed by atoms with Crippen molar-refractivity contribution in [3.63, 3.8) is 0 Å². The molecule has 0 N–H and O–H groups in total. The Balaban J connectivity index is 2.72. The minimum absolute atomic E-state index is 0.0498. The van der Waals surface area contributed by atoms with E-state index in [1.807, 2.05) is 6.92 Å². The second-order valence-electron chi connectivity index (χ2n) is 3.53. The van der Waals surface area contributed by atoms with E-state index in [4.69, 9.17) is 0 Å². The highest BCUT2D eigenvalue weighted by Crippen LogP contribution is 2.26. The molecule has 1 rings (SSSR count). The molecule has 11 heavy (non-hydrogen) atoms. The molecule has 1 saturated heterocycles. The maximum Gasteiger partial charge on any atom is 0.153 e.